The van der Waals surface area contributed by atoms with Gasteiger partial charge in [-0.15, -0.1) is 0 Å². The number of hydrogen-bond acceptors (Lipinski definition) is 2. The number of unbranched alkanes of at least 4 members (excludes halogenated alkanes) is 1. The van der Waals surface area contributed by atoms with E-state index in [2.05, 4.69) is 28.2 Å². The number of rotatable bonds is 7. The van der Waals surface area contributed by atoms with Crippen LogP contribution in [0.4, 0.5) is 5.69 Å². The van der Waals surface area contributed by atoms with Gasteiger partial charge in [0.05, 0.1) is 4.47 Å². The molecule has 0 radical (unpaired) electrons. The molecule has 2 aromatic rings. The van der Waals surface area contributed by atoms with E-state index in [4.69, 9.17) is 11.6 Å². The number of carbonyl (C=O) groups is 1. The van der Waals surface area contributed by atoms with Gasteiger partial charge in [0.25, 0.3) is 5.91 Å². The average Bonchev–Trinajstić information content (AvgIpc) is 2.68. The van der Waals surface area contributed by atoms with Crippen LogP contribution in [0.1, 0.15) is 66.5 Å². The van der Waals surface area contributed by atoms with Crippen molar-refractivity contribution in [3.05, 3.63) is 59.9 Å². The topological polar surface area (TPSA) is 51.1 Å². The maximum absolute atomic E-state index is 13.3. The zero-order valence-electron chi connectivity index (χ0n) is 17.2. The van der Waals surface area contributed by atoms with Gasteiger partial charge in [0.15, 0.2) is 0 Å². The quantitative estimate of drug-likeness (QED) is 0.557. The molecule has 0 saturated carbocycles. The van der Waals surface area contributed by atoms with Crippen LogP contribution >= 0.6 is 27.5 Å². The normalized spacial score (nSPS) is 11.0. The van der Waals surface area contributed by atoms with Crippen LogP contribution in [0.5, 0.6) is 0 Å². The van der Waals surface area contributed by atoms with Gasteiger partial charge in [0, 0.05) is 29.1 Å². The predicted octanol–water partition coefficient (Wildman–Crippen LogP) is 5.83. The number of hydrogen-bond donors (Lipinski definition) is 1. The minimum absolute atomic E-state index is 0.215. The molecule has 0 saturated heterocycles. The second-order valence-corrected chi connectivity index (χ2v) is 8.20. The Balaban J connectivity index is 2.61. The van der Waals surface area contributed by atoms with E-state index in [9.17, 15) is 9.59 Å². The molecule has 28 heavy (non-hydrogen) atoms. The van der Waals surface area contributed by atoms with E-state index in [1.165, 1.54) is 0 Å². The molecule has 4 nitrogen and oxygen atoms in total. The van der Waals surface area contributed by atoms with E-state index in [-0.39, 0.29) is 16.9 Å². The second-order valence-electron chi connectivity index (χ2n) is 6.97. The number of nitrogens with one attached hydrogen (secondary N) is 1. The van der Waals surface area contributed by atoms with Gasteiger partial charge in [0.2, 0.25) is 5.43 Å². The lowest BCUT2D eigenvalue weighted by atomic mass is 10.0. The fraction of sp³-hybridized carbons (Fsp3) is 0.455. The summed E-state index contributed by atoms with van der Waals surface area (Å²) in [6.45, 7) is 8.02. The lowest BCUT2D eigenvalue weighted by molar-refractivity contribution is 0.102. The summed E-state index contributed by atoms with van der Waals surface area (Å²) in [5.74, 6) is -0.362. The number of anilines is 1. The number of benzene rings is 1. The van der Waals surface area contributed by atoms with Gasteiger partial charge in [-0.1, -0.05) is 38.8 Å². The molecular weight excluding hydrogens is 440 g/mol. The molecule has 1 heterocycles. The van der Waals surface area contributed by atoms with Crippen molar-refractivity contribution in [2.75, 3.05) is 5.32 Å². The highest BCUT2D eigenvalue weighted by Gasteiger charge is 2.23. The first-order chi connectivity index (χ1) is 13.3. The highest BCUT2D eigenvalue weighted by Crippen LogP contribution is 2.28. The zero-order valence-corrected chi connectivity index (χ0v) is 19.6. The van der Waals surface area contributed by atoms with Crippen LogP contribution in [0.3, 0.4) is 0 Å². The maximum Gasteiger partial charge on any atom is 0.261 e. The van der Waals surface area contributed by atoms with Crippen molar-refractivity contribution in [3.63, 3.8) is 0 Å². The summed E-state index contributed by atoms with van der Waals surface area (Å²) in [5.41, 5.74) is 4.25. The molecule has 0 unspecified atom stereocenters. The summed E-state index contributed by atoms with van der Waals surface area (Å²) in [4.78, 5) is 26.3. The molecule has 0 aliphatic carbocycles. The summed E-state index contributed by atoms with van der Waals surface area (Å²) >= 11 is 9.60. The Morgan fingerprint density at radius 2 is 1.75 bits per heavy atom. The first-order valence-corrected chi connectivity index (χ1v) is 10.9. The molecule has 0 atom stereocenters. The number of aryl methyl sites for hydroxylation is 2. The van der Waals surface area contributed by atoms with Crippen LogP contribution in [-0.2, 0) is 26.3 Å². The Bertz CT molecular complexity index is 926. The van der Waals surface area contributed by atoms with E-state index in [1.54, 1.807) is 0 Å². The minimum Gasteiger partial charge on any atom is -0.350 e. The van der Waals surface area contributed by atoms with Gasteiger partial charge in [-0.2, -0.15) is 0 Å². The molecular formula is C22H28BrClN2O2. The summed E-state index contributed by atoms with van der Waals surface area (Å²) in [7, 11) is 1.90. The van der Waals surface area contributed by atoms with Crippen molar-refractivity contribution in [2.45, 2.75) is 59.8 Å². The first-order valence-electron chi connectivity index (χ1n) is 9.77. The van der Waals surface area contributed by atoms with Crippen LogP contribution in [0, 0.1) is 6.92 Å². The van der Waals surface area contributed by atoms with Gasteiger partial charge in [-0.3, -0.25) is 9.59 Å². The third kappa shape index (κ3) is 4.52. The van der Waals surface area contributed by atoms with E-state index in [0.717, 1.165) is 53.9 Å². The molecule has 0 bridgehead atoms. The molecule has 1 aromatic carbocycles. The smallest absolute Gasteiger partial charge is 0.261 e. The summed E-state index contributed by atoms with van der Waals surface area (Å²) in [6, 6.07) is 3.75. The molecule has 1 N–H and O–H groups in total. The fourth-order valence-electron chi connectivity index (χ4n) is 3.41. The fourth-order valence-corrected chi connectivity index (χ4v) is 4.14. The standard InChI is InChI=1S/C22H28BrClN2O2/c1-6-9-10-17-18(21(27)19(23)13(4)26(17)5)22(28)25-20-14(7-2)11-16(24)12-15(20)8-3/h11-12H,6-10H2,1-5H3,(H,25,28). The van der Waals surface area contributed by atoms with E-state index < -0.39 is 0 Å². The summed E-state index contributed by atoms with van der Waals surface area (Å²) < 4.78 is 2.38. The SMILES string of the molecule is CCCCc1c(C(=O)Nc2c(CC)cc(Cl)cc2CC)c(=O)c(Br)c(C)n1C. The first kappa shape index (κ1) is 22.7. The highest BCUT2D eigenvalue weighted by atomic mass is 79.9. The Morgan fingerprint density at radius 1 is 1.18 bits per heavy atom. The molecule has 1 aromatic heterocycles. The zero-order chi connectivity index (χ0) is 21.0. The Hall–Kier alpha value is -1.59. The molecule has 0 spiro atoms. The third-order valence-electron chi connectivity index (χ3n) is 5.20. The van der Waals surface area contributed by atoms with Crippen molar-refractivity contribution in [1.29, 1.82) is 0 Å². The monoisotopic (exact) mass is 466 g/mol. The van der Waals surface area contributed by atoms with E-state index in [0.29, 0.717) is 15.9 Å². The number of amides is 1. The van der Waals surface area contributed by atoms with E-state index >= 15 is 0 Å². The molecule has 0 fully saturated rings. The van der Waals surface area contributed by atoms with Crippen molar-refractivity contribution in [1.82, 2.24) is 4.57 Å². The van der Waals surface area contributed by atoms with Crippen molar-refractivity contribution < 1.29 is 4.79 Å². The van der Waals surface area contributed by atoms with Crippen molar-refractivity contribution in [2.24, 2.45) is 7.05 Å². The number of pyridine rings is 1. The van der Waals surface area contributed by atoms with Crippen LogP contribution in [0.2, 0.25) is 5.02 Å². The average molecular weight is 468 g/mol. The number of carbonyl (C=O) groups excluding carboxylic acids is 1. The molecule has 152 valence electrons. The Labute approximate surface area is 180 Å². The van der Waals surface area contributed by atoms with E-state index in [1.807, 2.05) is 44.5 Å². The van der Waals surface area contributed by atoms with Gasteiger partial charge < -0.3 is 9.88 Å². The number of nitrogens with zero attached hydrogens (tertiary/aromatic N) is 1. The van der Waals surface area contributed by atoms with Crippen molar-refractivity contribution >= 4 is 39.1 Å². The van der Waals surface area contributed by atoms with Crippen LogP contribution in [0.25, 0.3) is 0 Å². The molecule has 1 amide bonds. The Kier molecular flexibility index (Phi) is 7.90. The van der Waals surface area contributed by atoms with Gasteiger partial charge in [-0.25, -0.2) is 0 Å². The minimum atomic E-state index is -0.362. The predicted molar refractivity (Wildman–Crippen MR) is 121 cm³/mol. The lowest BCUT2D eigenvalue weighted by Crippen LogP contribution is -2.29. The number of halogens is 2. The van der Waals surface area contributed by atoms with Gasteiger partial charge in [-0.05, 0) is 71.8 Å². The molecule has 2 rings (SSSR count). The highest BCUT2D eigenvalue weighted by molar-refractivity contribution is 9.10. The summed E-state index contributed by atoms with van der Waals surface area (Å²) in [6.07, 6.45) is 4.06. The summed E-state index contributed by atoms with van der Waals surface area (Å²) in [5, 5.41) is 3.68. The van der Waals surface area contributed by atoms with Gasteiger partial charge >= 0.3 is 0 Å². The third-order valence-corrected chi connectivity index (χ3v) is 6.35. The van der Waals surface area contributed by atoms with Crippen molar-refractivity contribution in [3.8, 4) is 0 Å². The number of aromatic nitrogens is 1. The lowest BCUT2D eigenvalue weighted by Gasteiger charge is -2.20. The van der Waals surface area contributed by atoms with Gasteiger partial charge in [0.1, 0.15) is 5.56 Å². The molecule has 0 aliphatic heterocycles. The maximum atomic E-state index is 13.3. The molecule has 0 aliphatic rings. The van der Waals surface area contributed by atoms with Crippen LogP contribution < -0.4 is 10.7 Å². The second kappa shape index (κ2) is 9.75. The Morgan fingerprint density at radius 3 is 2.25 bits per heavy atom. The largest absolute Gasteiger partial charge is 0.350 e. The molecule has 6 heteroatoms. The van der Waals surface area contributed by atoms with Crippen LogP contribution in [-0.4, -0.2) is 10.5 Å². The van der Waals surface area contributed by atoms with Crippen LogP contribution in [0.15, 0.2) is 21.4 Å².